The Bertz CT molecular complexity index is 387. The Morgan fingerprint density at radius 1 is 1.41 bits per heavy atom. The summed E-state index contributed by atoms with van der Waals surface area (Å²) in [4.78, 5) is 23.0. The number of ketones is 1. The molecule has 2 bridgehead atoms. The van der Waals surface area contributed by atoms with Crippen LogP contribution in [-0.2, 0) is 9.59 Å². The fourth-order valence-electron chi connectivity index (χ4n) is 3.96. The van der Waals surface area contributed by atoms with E-state index in [1.165, 1.54) is 0 Å². The van der Waals surface area contributed by atoms with E-state index in [2.05, 4.69) is 0 Å². The van der Waals surface area contributed by atoms with Crippen molar-refractivity contribution in [2.75, 3.05) is 0 Å². The van der Waals surface area contributed by atoms with Gasteiger partial charge in [0.25, 0.3) is 0 Å². The molecule has 2 rings (SSSR count). The summed E-state index contributed by atoms with van der Waals surface area (Å²) in [6.45, 7) is 5.94. The Morgan fingerprint density at radius 2 is 2.00 bits per heavy atom. The van der Waals surface area contributed by atoms with Crippen molar-refractivity contribution in [3.8, 4) is 0 Å². The molecule has 0 heterocycles. The molecule has 2 saturated carbocycles. The van der Waals surface area contributed by atoms with Crippen molar-refractivity contribution in [1.29, 1.82) is 0 Å². The summed E-state index contributed by atoms with van der Waals surface area (Å²) in [7, 11) is 0. The van der Waals surface area contributed by atoms with Gasteiger partial charge >= 0.3 is 5.97 Å². The van der Waals surface area contributed by atoms with E-state index in [0.29, 0.717) is 0 Å². The number of aliphatic carboxylic acids is 1. The second-order valence-electron chi connectivity index (χ2n) is 6.29. The number of fused-ring (bicyclic) bond motifs is 2. The van der Waals surface area contributed by atoms with E-state index in [-0.39, 0.29) is 30.0 Å². The Kier molecular flexibility index (Phi) is 2.45. The standard InChI is InChI=1S/C13H20O4/c1-11(2)8-4-6-12(11,3)10(16)13(8,17)7-5-9(14)15/h8,17H,4-7H2,1-3H3,(H,14,15). The first kappa shape index (κ1) is 12.6. The van der Waals surface area contributed by atoms with Crippen LogP contribution in [0, 0.1) is 16.7 Å². The molecule has 4 nitrogen and oxygen atoms in total. The smallest absolute Gasteiger partial charge is 0.303 e. The van der Waals surface area contributed by atoms with Crippen LogP contribution in [-0.4, -0.2) is 27.6 Å². The first-order valence-electron chi connectivity index (χ1n) is 6.15. The van der Waals surface area contributed by atoms with E-state index in [1.807, 2.05) is 20.8 Å². The molecule has 0 aromatic carbocycles. The van der Waals surface area contributed by atoms with Gasteiger partial charge in [0, 0.05) is 17.8 Å². The van der Waals surface area contributed by atoms with E-state index in [0.717, 1.165) is 12.8 Å². The third-order valence-electron chi connectivity index (χ3n) is 5.42. The first-order chi connectivity index (χ1) is 7.66. The first-order valence-corrected chi connectivity index (χ1v) is 6.15. The van der Waals surface area contributed by atoms with Crippen LogP contribution >= 0.6 is 0 Å². The van der Waals surface area contributed by atoms with Gasteiger partial charge in [-0.25, -0.2) is 0 Å². The van der Waals surface area contributed by atoms with Gasteiger partial charge in [0.1, 0.15) is 5.60 Å². The van der Waals surface area contributed by atoms with Crippen molar-refractivity contribution in [2.24, 2.45) is 16.7 Å². The molecule has 0 aliphatic heterocycles. The summed E-state index contributed by atoms with van der Waals surface area (Å²) in [5, 5.41) is 19.3. The monoisotopic (exact) mass is 240 g/mol. The van der Waals surface area contributed by atoms with Gasteiger partial charge in [0.2, 0.25) is 0 Å². The van der Waals surface area contributed by atoms with Gasteiger partial charge in [-0.05, 0) is 24.7 Å². The summed E-state index contributed by atoms with van der Waals surface area (Å²) in [5.41, 5.74) is -2.16. The lowest BCUT2D eigenvalue weighted by atomic mass is 9.70. The number of carbonyl (C=O) groups excluding carboxylic acids is 1. The van der Waals surface area contributed by atoms with Crippen LogP contribution in [0.4, 0.5) is 0 Å². The predicted molar refractivity (Wildman–Crippen MR) is 61.4 cm³/mol. The molecule has 17 heavy (non-hydrogen) atoms. The molecular formula is C13H20O4. The number of carboxylic acids is 1. The fraction of sp³-hybridized carbons (Fsp3) is 0.846. The van der Waals surface area contributed by atoms with Crippen LogP contribution in [0.25, 0.3) is 0 Å². The van der Waals surface area contributed by atoms with Gasteiger partial charge in [-0.2, -0.15) is 0 Å². The molecule has 0 aromatic rings. The Balaban J connectivity index is 2.33. The predicted octanol–water partition coefficient (Wildman–Crippen LogP) is 1.61. The van der Waals surface area contributed by atoms with Crippen LogP contribution < -0.4 is 0 Å². The molecule has 3 unspecified atom stereocenters. The summed E-state index contributed by atoms with van der Waals surface area (Å²) in [5.74, 6) is -1.21. The van der Waals surface area contributed by atoms with E-state index in [1.54, 1.807) is 0 Å². The van der Waals surface area contributed by atoms with Crippen LogP contribution in [0.5, 0.6) is 0 Å². The number of rotatable bonds is 3. The SMILES string of the molecule is CC12CCC(C(O)(CCC(=O)O)C1=O)C2(C)C. The zero-order valence-electron chi connectivity index (χ0n) is 10.6. The van der Waals surface area contributed by atoms with Crippen LogP contribution in [0.15, 0.2) is 0 Å². The number of Topliss-reactive ketones (excluding diaryl/α,β-unsaturated/α-hetero) is 1. The third kappa shape index (κ3) is 1.33. The normalized spacial score (nSPS) is 43.1. The fourth-order valence-corrected chi connectivity index (χ4v) is 3.96. The van der Waals surface area contributed by atoms with Gasteiger partial charge in [0.05, 0.1) is 0 Å². The Hall–Kier alpha value is -0.900. The van der Waals surface area contributed by atoms with E-state index < -0.39 is 17.0 Å². The lowest BCUT2D eigenvalue weighted by Crippen LogP contribution is -2.46. The number of carboxylic acid groups (broad SMARTS) is 1. The quantitative estimate of drug-likeness (QED) is 0.786. The van der Waals surface area contributed by atoms with Crippen molar-refractivity contribution in [3.05, 3.63) is 0 Å². The summed E-state index contributed by atoms with van der Waals surface area (Å²) in [6, 6.07) is 0. The highest BCUT2D eigenvalue weighted by Crippen LogP contribution is 2.67. The highest BCUT2D eigenvalue weighted by Gasteiger charge is 2.72. The molecule has 0 saturated heterocycles. The van der Waals surface area contributed by atoms with E-state index in [4.69, 9.17) is 5.11 Å². The lowest BCUT2D eigenvalue weighted by Gasteiger charge is -2.32. The molecular weight excluding hydrogens is 220 g/mol. The zero-order chi connectivity index (χ0) is 13.1. The lowest BCUT2D eigenvalue weighted by molar-refractivity contribution is -0.149. The van der Waals surface area contributed by atoms with Gasteiger partial charge < -0.3 is 10.2 Å². The summed E-state index contributed by atoms with van der Waals surface area (Å²) >= 11 is 0. The Labute approximate surface area is 101 Å². The maximum atomic E-state index is 12.4. The zero-order valence-corrected chi connectivity index (χ0v) is 10.6. The molecule has 0 radical (unpaired) electrons. The number of aliphatic hydroxyl groups is 1. The molecule has 0 spiro atoms. The highest BCUT2D eigenvalue weighted by molar-refractivity contribution is 5.97. The molecule has 2 aliphatic carbocycles. The largest absolute Gasteiger partial charge is 0.481 e. The molecule has 2 aliphatic rings. The van der Waals surface area contributed by atoms with Crippen molar-refractivity contribution in [1.82, 2.24) is 0 Å². The summed E-state index contributed by atoms with van der Waals surface area (Å²) in [6.07, 6.45) is 1.51. The van der Waals surface area contributed by atoms with Crippen molar-refractivity contribution in [2.45, 2.75) is 52.1 Å². The van der Waals surface area contributed by atoms with E-state index in [9.17, 15) is 14.7 Å². The van der Waals surface area contributed by atoms with Gasteiger partial charge in [-0.15, -0.1) is 0 Å². The number of hydrogen-bond donors (Lipinski definition) is 2. The minimum Gasteiger partial charge on any atom is -0.481 e. The van der Waals surface area contributed by atoms with E-state index >= 15 is 0 Å². The maximum Gasteiger partial charge on any atom is 0.303 e. The average molecular weight is 240 g/mol. The number of hydrogen-bond acceptors (Lipinski definition) is 3. The van der Waals surface area contributed by atoms with Gasteiger partial charge in [-0.3, -0.25) is 9.59 Å². The van der Waals surface area contributed by atoms with Crippen molar-refractivity contribution >= 4 is 11.8 Å². The third-order valence-corrected chi connectivity index (χ3v) is 5.42. The molecule has 4 heteroatoms. The van der Waals surface area contributed by atoms with Gasteiger partial charge in [-0.1, -0.05) is 20.8 Å². The van der Waals surface area contributed by atoms with Crippen molar-refractivity contribution < 1.29 is 19.8 Å². The minimum absolute atomic E-state index is 0.0465. The van der Waals surface area contributed by atoms with Crippen LogP contribution in [0.2, 0.25) is 0 Å². The minimum atomic E-state index is -1.42. The van der Waals surface area contributed by atoms with Gasteiger partial charge in [0.15, 0.2) is 5.78 Å². The second kappa shape index (κ2) is 3.31. The molecule has 2 fully saturated rings. The topological polar surface area (TPSA) is 74.6 Å². The summed E-state index contributed by atoms with van der Waals surface area (Å²) < 4.78 is 0. The molecule has 0 aromatic heterocycles. The van der Waals surface area contributed by atoms with Crippen LogP contribution in [0.3, 0.4) is 0 Å². The molecule has 0 amide bonds. The maximum absolute atomic E-state index is 12.4. The van der Waals surface area contributed by atoms with Crippen LogP contribution in [0.1, 0.15) is 46.5 Å². The molecule has 96 valence electrons. The second-order valence-corrected chi connectivity index (χ2v) is 6.29. The number of carbonyl (C=O) groups is 2. The average Bonchev–Trinajstić information content (AvgIpc) is 2.51. The highest BCUT2D eigenvalue weighted by atomic mass is 16.4. The Morgan fingerprint density at radius 3 is 2.41 bits per heavy atom. The molecule has 2 N–H and O–H groups in total. The van der Waals surface area contributed by atoms with Crippen molar-refractivity contribution in [3.63, 3.8) is 0 Å². The molecule has 3 atom stereocenters.